The minimum atomic E-state index is -0.475. The summed E-state index contributed by atoms with van der Waals surface area (Å²) in [6.07, 6.45) is -0.00847. The van der Waals surface area contributed by atoms with Gasteiger partial charge in [-0.25, -0.2) is 4.39 Å². The van der Waals surface area contributed by atoms with Crippen molar-refractivity contribution in [2.24, 2.45) is 0 Å². The Morgan fingerprint density at radius 1 is 1.14 bits per heavy atom. The molecule has 4 nitrogen and oxygen atoms in total. The zero-order chi connectivity index (χ0) is 14.7. The van der Waals surface area contributed by atoms with Crippen LogP contribution in [0.1, 0.15) is 11.3 Å². The number of nitrogens with zero attached hydrogens (tertiary/aromatic N) is 1. The summed E-state index contributed by atoms with van der Waals surface area (Å²) in [7, 11) is 0. The third-order valence-electron chi connectivity index (χ3n) is 3.11. The number of aromatic nitrogens is 1. The maximum Gasteiger partial charge on any atom is 0.312 e. The van der Waals surface area contributed by atoms with Gasteiger partial charge in [-0.15, -0.1) is 0 Å². The van der Waals surface area contributed by atoms with Gasteiger partial charge in [-0.2, -0.15) is 0 Å². The number of hydrogen-bond acceptors (Lipinski definition) is 4. The number of para-hydroxylation sites is 1. The Balaban J connectivity index is 1.66. The molecule has 21 heavy (non-hydrogen) atoms. The van der Waals surface area contributed by atoms with Crippen molar-refractivity contribution in [3.8, 4) is 0 Å². The molecule has 0 bridgehead atoms. The standard InChI is InChI=1S/C16H12FNO3/c17-13-7-3-1-5-11(13)10-20-16(19)9-14-12-6-2-4-8-15(12)21-18-14/h1-8H,9-10H2. The first kappa shape index (κ1) is 13.3. The van der Waals surface area contributed by atoms with Crippen LogP contribution in [0.25, 0.3) is 11.0 Å². The molecule has 0 saturated heterocycles. The Morgan fingerprint density at radius 3 is 2.76 bits per heavy atom. The lowest BCUT2D eigenvalue weighted by molar-refractivity contribution is -0.144. The van der Waals surface area contributed by atoms with Crippen molar-refractivity contribution >= 4 is 16.9 Å². The van der Waals surface area contributed by atoms with Gasteiger partial charge in [0, 0.05) is 10.9 Å². The second-order valence-electron chi connectivity index (χ2n) is 4.55. The van der Waals surface area contributed by atoms with Crippen molar-refractivity contribution in [3.63, 3.8) is 0 Å². The molecule has 0 unspecified atom stereocenters. The number of esters is 1. The fourth-order valence-corrected chi connectivity index (χ4v) is 2.03. The van der Waals surface area contributed by atoms with Crippen LogP contribution in [0.2, 0.25) is 0 Å². The Hall–Kier alpha value is -2.69. The number of rotatable bonds is 4. The molecule has 2 aromatic carbocycles. The Bertz CT molecular complexity index is 782. The summed E-state index contributed by atoms with van der Waals surface area (Å²) in [6.45, 7) is -0.0959. The fraction of sp³-hybridized carbons (Fsp3) is 0.125. The van der Waals surface area contributed by atoms with Gasteiger partial charge in [-0.05, 0) is 18.2 Å². The molecule has 0 amide bonds. The van der Waals surface area contributed by atoms with E-state index in [9.17, 15) is 9.18 Å². The van der Waals surface area contributed by atoms with Gasteiger partial charge in [0.2, 0.25) is 0 Å². The minimum absolute atomic E-state index is 0.00847. The van der Waals surface area contributed by atoms with E-state index >= 15 is 0 Å². The second-order valence-corrected chi connectivity index (χ2v) is 4.55. The van der Waals surface area contributed by atoms with Crippen LogP contribution in [0.4, 0.5) is 4.39 Å². The van der Waals surface area contributed by atoms with Crippen molar-refractivity contribution in [2.75, 3.05) is 0 Å². The molecule has 0 aliphatic carbocycles. The predicted octanol–water partition coefficient (Wildman–Crippen LogP) is 3.25. The summed E-state index contributed by atoms with van der Waals surface area (Å²) in [5, 5.41) is 4.64. The lowest BCUT2D eigenvalue weighted by Gasteiger charge is -2.04. The van der Waals surface area contributed by atoms with E-state index in [2.05, 4.69) is 5.16 Å². The topological polar surface area (TPSA) is 52.3 Å². The van der Waals surface area contributed by atoms with E-state index in [1.807, 2.05) is 18.2 Å². The van der Waals surface area contributed by atoms with Crippen LogP contribution < -0.4 is 0 Å². The van der Waals surface area contributed by atoms with Gasteiger partial charge in [0.1, 0.15) is 18.1 Å². The van der Waals surface area contributed by atoms with Gasteiger partial charge in [0.25, 0.3) is 0 Å². The first-order valence-electron chi connectivity index (χ1n) is 6.46. The van der Waals surface area contributed by atoms with Crippen LogP contribution in [-0.2, 0) is 22.6 Å². The second kappa shape index (κ2) is 5.75. The molecule has 0 N–H and O–H groups in total. The van der Waals surface area contributed by atoms with Gasteiger partial charge < -0.3 is 9.26 Å². The van der Waals surface area contributed by atoms with Gasteiger partial charge in [0.15, 0.2) is 5.58 Å². The van der Waals surface area contributed by atoms with E-state index in [0.717, 1.165) is 5.39 Å². The van der Waals surface area contributed by atoms with E-state index in [-0.39, 0.29) is 13.0 Å². The molecule has 0 aliphatic heterocycles. The Kier molecular flexibility index (Phi) is 3.64. The van der Waals surface area contributed by atoms with Gasteiger partial charge >= 0.3 is 5.97 Å². The maximum absolute atomic E-state index is 13.4. The van der Waals surface area contributed by atoms with Crippen LogP contribution in [0.3, 0.4) is 0 Å². The molecule has 1 heterocycles. The van der Waals surface area contributed by atoms with Crippen LogP contribution in [0.15, 0.2) is 53.1 Å². The molecule has 0 saturated carbocycles. The smallest absolute Gasteiger partial charge is 0.312 e. The number of ether oxygens (including phenoxy) is 1. The number of benzene rings is 2. The van der Waals surface area contributed by atoms with Crippen molar-refractivity contribution in [1.29, 1.82) is 0 Å². The van der Waals surface area contributed by atoms with Crippen LogP contribution in [0.5, 0.6) is 0 Å². The summed E-state index contributed by atoms with van der Waals surface area (Å²) in [4.78, 5) is 11.8. The summed E-state index contributed by atoms with van der Waals surface area (Å²) in [5.41, 5.74) is 1.48. The van der Waals surface area contributed by atoms with E-state index < -0.39 is 11.8 Å². The van der Waals surface area contributed by atoms with Crippen molar-refractivity contribution < 1.29 is 18.4 Å². The highest BCUT2D eigenvalue weighted by atomic mass is 19.1. The van der Waals surface area contributed by atoms with Crippen LogP contribution in [-0.4, -0.2) is 11.1 Å². The SMILES string of the molecule is O=C(Cc1noc2ccccc12)OCc1ccccc1F. The van der Waals surface area contributed by atoms with E-state index in [1.54, 1.807) is 24.3 Å². The molecule has 0 fully saturated rings. The summed E-state index contributed by atoms with van der Waals surface area (Å²) >= 11 is 0. The first-order valence-corrected chi connectivity index (χ1v) is 6.46. The first-order chi connectivity index (χ1) is 10.2. The molecular formula is C16H12FNO3. The number of carbonyl (C=O) groups is 1. The molecule has 3 rings (SSSR count). The molecule has 106 valence electrons. The van der Waals surface area contributed by atoms with Crippen molar-refractivity contribution in [1.82, 2.24) is 5.16 Å². The summed E-state index contributed by atoms with van der Waals surface area (Å²) in [5.74, 6) is -0.866. The van der Waals surface area contributed by atoms with E-state index in [4.69, 9.17) is 9.26 Å². The van der Waals surface area contributed by atoms with Gasteiger partial charge in [-0.1, -0.05) is 35.5 Å². The van der Waals surface area contributed by atoms with Crippen molar-refractivity contribution in [3.05, 3.63) is 65.6 Å². The lowest BCUT2D eigenvalue weighted by atomic mass is 10.2. The zero-order valence-electron chi connectivity index (χ0n) is 11.1. The molecule has 0 aliphatic rings. The quantitative estimate of drug-likeness (QED) is 0.690. The third kappa shape index (κ3) is 2.91. The molecule has 0 atom stereocenters. The summed E-state index contributed by atoms with van der Waals surface area (Å²) < 4.78 is 23.6. The maximum atomic E-state index is 13.4. The van der Waals surface area contributed by atoms with Gasteiger partial charge in [-0.3, -0.25) is 4.79 Å². The summed E-state index contributed by atoms with van der Waals surface area (Å²) in [6, 6.07) is 13.4. The number of fused-ring (bicyclic) bond motifs is 1. The largest absolute Gasteiger partial charge is 0.460 e. The molecule has 1 aromatic heterocycles. The number of carbonyl (C=O) groups excluding carboxylic acids is 1. The highest BCUT2D eigenvalue weighted by molar-refractivity contribution is 5.84. The number of hydrogen-bond donors (Lipinski definition) is 0. The monoisotopic (exact) mass is 285 g/mol. The van der Waals surface area contributed by atoms with E-state index in [1.165, 1.54) is 6.07 Å². The zero-order valence-corrected chi connectivity index (χ0v) is 11.1. The van der Waals surface area contributed by atoms with Crippen molar-refractivity contribution in [2.45, 2.75) is 13.0 Å². The highest BCUT2D eigenvalue weighted by Gasteiger charge is 2.13. The van der Waals surface area contributed by atoms with E-state index in [0.29, 0.717) is 16.8 Å². The highest BCUT2D eigenvalue weighted by Crippen LogP contribution is 2.18. The van der Waals surface area contributed by atoms with Crippen LogP contribution in [0, 0.1) is 5.82 Å². The fourth-order valence-electron chi connectivity index (χ4n) is 2.03. The Morgan fingerprint density at radius 2 is 1.90 bits per heavy atom. The molecule has 0 radical (unpaired) electrons. The Labute approximate surface area is 120 Å². The molecule has 5 heteroatoms. The number of halogens is 1. The lowest BCUT2D eigenvalue weighted by Crippen LogP contribution is -2.09. The van der Waals surface area contributed by atoms with Gasteiger partial charge in [0.05, 0.1) is 6.42 Å². The normalized spacial score (nSPS) is 10.7. The average Bonchev–Trinajstić information content (AvgIpc) is 2.90. The predicted molar refractivity (Wildman–Crippen MR) is 73.9 cm³/mol. The van der Waals surface area contributed by atoms with Crippen LogP contribution >= 0.6 is 0 Å². The molecule has 0 spiro atoms. The molecule has 3 aromatic rings. The average molecular weight is 285 g/mol. The minimum Gasteiger partial charge on any atom is -0.460 e. The molecular weight excluding hydrogens is 273 g/mol. The third-order valence-corrected chi connectivity index (χ3v) is 3.11.